The van der Waals surface area contributed by atoms with Gasteiger partial charge in [-0.3, -0.25) is 19.8 Å². The summed E-state index contributed by atoms with van der Waals surface area (Å²) >= 11 is 5.18. The van der Waals surface area contributed by atoms with E-state index in [1.165, 1.54) is 17.0 Å². The van der Waals surface area contributed by atoms with Crippen LogP contribution in [0.2, 0.25) is 0 Å². The van der Waals surface area contributed by atoms with Crippen molar-refractivity contribution in [3.05, 3.63) is 53.6 Å². The van der Waals surface area contributed by atoms with Crippen molar-refractivity contribution in [3.63, 3.8) is 0 Å². The molecule has 2 amide bonds. The molecule has 3 rings (SSSR count). The van der Waals surface area contributed by atoms with E-state index < -0.39 is 11.8 Å². The lowest BCUT2D eigenvalue weighted by Crippen LogP contribution is -2.54. The average molecular weight is 398 g/mol. The highest BCUT2D eigenvalue weighted by atomic mass is 32.1. The van der Waals surface area contributed by atoms with E-state index in [9.17, 15) is 14.7 Å². The van der Waals surface area contributed by atoms with E-state index in [2.05, 4.69) is 5.32 Å². The van der Waals surface area contributed by atoms with E-state index >= 15 is 0 Å². The normalized spacial score (nSPS) is 15.6. The van der Waals surface area contributed by atoms with Gasteiger partial charge in [-0.25, -0.2) is 0 Å². The predicted molar refractivity (Wildman–Crippen MR) is 108 cm³/mol. The van der Waals surface area contributed by atoms with Gasteiger partial charge in [-0.15, -0.1) is 0 Å². The lowest BCUT2D eigenvalue weighted by molar-refractivity contribution is -0.122. The summed E-state index contributed by atoms with van der Waals surface area (Å²) in [5.74, 6) is -0.269. The fraction of sp³-hybridized carbons (Fsp3) is 0.150. The van der Waals surface area contributed by atoms with Crippen molar-refractivity contribution in [1.82, 2.24) is 5.32 Å². The minimum atomic E-state index is -0.592. The highest BCUT2D eigenvalue weighted by molar-refractivity contribution is 7.80. The third-order valence-corrected chi connectivity index (χ3v) is 4.31. The molecule has 0 spiro atoms. The Morgan fingerprint density at radius 2 is 1.89 bits per heavy atom. The number of benzene rings is 2. The Bertz CT molecular complexity index is 969. The molecule has 0 unspecified atom stereocenters. The van der Waals surface area contributed by atoms with E-state index in [1.54, 1.807) is 50.4 Å². The fourth-order valence-corrected chi connectivity index (χ4v) is 2.96. The molecule has 2 N–H and O–H groups in total. The zero-order valence-electron chi connectivity index (χ0n) is 15.3. The van der Waals surface area contributed by atoms with Crippen LogP contribution in [0.15, 0.2) is 48.0 Å². The summed E-state index contributed by atoms with van der Waals surface area (Å²) in [6.07, 6.45) is 1.43. The topological polar surface area (TPSA) is 88.1 Å². The molecule has 1 aliphatic heterocycles. The molecular formula is C20H18N2O5S. The number of phenolic OH excluding ortho intramolecular Hbond substituents is 1. The molecule has 0 atom stereocenters. The van der Waals surface area contributed by atoms with Gasteiger partial charge >= 0.3 is 0 Å². The monoisotopic (exact) mass is 398 g/mol. The fourth-order valence-electron chi connectivity index (χ4n) is 2.68. The molecule has 144 valence electrons. The Morgan fingerprint density at radius 3 is 2.54 bits per heavy atom. The molecule has 1 fully saturated rings. The zero-order chi connectivity index (χ0) is 20.3. The molecule has 1 aliphatic rings. The van der Waals surface area contributed by atoms with Crippen LogP contribution in [-0.2, 0) is 9.59 Å². The number of ether oxygens (including phenoxy) is 2. The first-order chi connectivity index (χ1) is 13.4. The van der Waals surface area contributed by atoms with Crippen LogP contribution in [0, 0.1) is 0 Å². The van der Waals surface area contributed by atoms with Crippen LogP contribution in [-0.4, -0.2) is 35.8 Å². The van der Waals surface area contributed by atoms with Crippen LogP contribution >= 0.6 is 12.2 Å². The Hall–Kier alpha value is -3.39. The van der Waals surface area contributed by atoms with Gasteiger partial charge in [0.2, 0.25) is 0 Å². The standard InChI is InChI=1S/C20H18N2O5S/c1-3-27-17-11-12(4-9-16(17)23)10-15-18(24)21-20(28)22(19(15)25)13-5-7-14(26-2)8-6-13/h4-11,23H,3H2,1-2H3,(H,21,24,28)/b15-10-. The van der Waals surface area contributed by atoms with Gasteiger partial charge in [-0.1, -0.05) is 6.07 Å². The second kappa shape index (κ2) is 8.10. The van der Waals surface area contributed by atoms with Crippen LogP contribution in [0.3, 0.4) is 0 Å². The molecule has 28 heavy (non-hydrogen) atoms. The van der Waals surface area contributed by atoms with E-state index in [0.717, 1.165) is 0 Å². The molecule has 8 heteroatoms. The molecule has 0 aromatic heterocycles. The molecular weight excluding hydrogens is 380 g/mol. The number of phenols is 1. The summed E-state index contributed by atoms with van der Waals surface area (Å²) in [6.45, 7) is 2.16. The van der Waals surface area contributed by atoms with Crippen molar-refractivity contribution in [2.24, 2.45) is 0 Å². The number of nitrogens with one attached hydrogen (secondary N) is 1. The highest BCUT2D eigenvalue weighted by Gasteiger charge is 2.34. The SMILES string of the molecule is CCOc1cc(/C=C2/C(=O)NC(=S)N(c3ccc(OC)cc3)C2=O)ccc1O. The number of anilines is 1. The largest absolute Gasteiger partial charge is 0.504 e. The number of thiocarbonyl (C=S) groups is 1. The first-order valence-corrected chi connectivity index (χ1v) is 8.86. The first kappa shape index (κ1) is 19.4. The number of hydrogen-bond donors (Lipinski definition) is 2. The Labute approximate surface area is 167 Å². The summed E-state index contributed by atoms with van der Waals surface area (Å²) in [6, 6.07) is 11.3. The Kier molecular flexibility index (Phi) is 5.60. The number of rotatable bonds is 5. The molecule has 0 saturated carbocycles. The maximum atomic E-state index is 13.0. The number of nitrogens with zero attached hydrogens (tertiary/aromatic N) is 1. The summed E-state index contributed by atoms with van der Waals surface area (Å²) in [4.78, 5) is 26.6. The van der Waals surface area contributed by atoms with Gasteiger partial charge in [0.25, 0.3) is 11.8 Å². The molecule has 0 radical (unpaired) electrons. The molecule has 0 aliphatic carbocycles. The molecule has 1 saturated heterocycles. The van der Waals surface area contributed by atoms with Crippen molar-refractivity contribution >= 4 is 40.9 Å². The Morgan fingerprint density at radius 1 is 1.18 bits per heavy atom. The molecule has 7 nitrogen and oxygen atoms in total. The minimum Gasteiger partial charge on any atom is -0.504 e. The van der Waals surface area contributed by atoms with Crippen molar-refractivity contribution in [3.8, 4) is 17.2 Å². The quantitative estimate of drug-likeness (QED) is 0.457. The van der Waals surface area contributed by atoms with Gasteiger partial charge in [-0.2, -0.15) is 0 Å². The van der Waals surface area contributed by atoms with Gasteiger partial charge < -0.3 is 14.6 Å². The molecule has 2 aromatic carbocycles. The summed E-state index contributed by atoms with van der Waals surface area (Å²) < 4.78 is 10.5. The number of aromatic hydroxyl groups is 1. The van der Waals surface area contributed by atoms with Gasteiger partial charge in [-0.05, 0) is 67.2 Å². The number of hydrogen-bond acceptors (Lipinski definition) is 6. The third-order valence-electron chi connectivity index (χ3n) is 4.03. The maximum Gasteiger partial charge on any atom is 0.270 e. The van der Waals surface area contributed by atoms with Crippen molar-refractivity contribution in [2.45, 2.75) is 6.92 Å². The second-order valence-corrected chi connectivity index (χ2v) is 6.20. The van der Waals surface area contributed by atoms with E-state index in [0.29, 0.717) is 23.6 Å². The average Bonchev–Trinajstić information content (AvgIpc) is 2.68. The zero-order valence-corrected chi connectivity index (χ0v) is 16.1. The van der Waals surface area contributed by atoms with E-state index in [1.807, 2.05) is 0 Å². The van der Waals surface area contributed by atoms with Crippen LogP contribution in [0.1, 0.15) is 12.5 Å². The summed E-state index contributed by atoms with van der Waals surface area (Å²) in [5.41, 5.74) is 0.946. The van der Waals surface area contributed by atoms with Gasteiger partial charge in [0.15, 0.2) is 16.6 Å². The number of carbonyl (C=O) groups is 2. The molecule has 2 aromatic rings. The van der Waals surface area contributed by atoms with Crippen LogP contribution in [0.4, 0.5) is 5.69 Å². The second-order valence-electron chi connectivity index (χ2n) is 5.82. The molecule has 0 bridgehead atoms. The van der Waals surface area contributed by atoms with Crippen LogP contribution in [0.5, 0.6) is 17.2 Å². The van der Waals surface area contributed by atoms with E-state index in [-0.39, 0.29) is 22.2 Å². The maximum absolute atomic E-state index is 13.0. The number of amides is 2. The first-order valence-electron chi connectivity index (χ1n) is 8.46. The molecule has 1 heterocycles. The third kappa shape index (κ3) is 3.81. The van der Waals surface area contributed by atoms with Crippen molar-refractivity contribution in [2.75, 3.05) is 18.6 Å². The minimum absolute atomic E-state index is 0.00183. The van der Waals surface area contributed by atoms with Crippen LogP contribution in [0.25, 0.3) is 6.08 Å². The van der Waals surface area contributed by atoms with E-state index in [4.69, 9.17) is 21.7 Å². The lowest BCUT2D eigenvalue weighted by atomic mass is 10.1. The summed E-state index contributed by atoms with van der Waals surface area (Å²) in [7, 11) is 1.54. The number of carbonyl (C=O) groups excluding carboxylic acids is 2. The number of methoxy groups -OCH3 is 1. The Balaban J connectivity index is 1.97. The van der Waals surface area contributed by atoms with Gasteiger partial charge in [0.05, 0.1) is 19.4 Å². The van der Waals surface area contributed by atoms with Crippen LogP contribution < -0.4 is 19.7 Å². The van der Waals surface area contributed by atoms with Crippen molar-refractivity contribution < 1.29 is 24.2 Å². The lowest BCUT2D eigenvalue weighted by Gasteiger charge is -2.29. The smallest absolute Gasteiger partial charge is 0.270 e. The van der Waals surface area contributed by atoms with Gasteiger partial charge in [0.1, 0.15) is 11.3 Å². The predicted octanol–water partition coefficient (Wildman–Crippen LogP) is 2.63. The van der Waals surface area contributed by atoms with Crippen molar-refractivity contribution in [1.29, 1.82) is 0 Å². The summed E-state index contributed by atoms with van der Waals surface area (Å²) in [5, 5.41) is 12.3. The van der Waals surface area contributed by atoms with Gasteiger partial charge in [0, 0.05) is 0 Å². The highest BCUT2D eigenvalue weighted by Crippen LogP contribution is 2.29.